The number of rotatable bonds is 8. The average Bonchev–Trinajstić information content (AvgIpc) is 2.42. The molecule has 6 nitrogen and oxygen atoms in total. The predicted molar refractivity (Wildman–Crippen MR) is 76.9 cm³/mol. The molecule has 0 saturated carbocycles. The summed E-state index contributed by atoms with van der Waals surface area (Å²) in [6.07, 6.45) is 4.09. The molecule has 0 aliphatic rings. The van der Waals surface area contributed by atoms with Crippen molar-refractivity contribution < 1.29 is 9.59 Å². The van der Waals surface area contributed by atoms with Crippen LogP contribution in [0, 0.1) is 0 Å². The van der Waals surface area contributed by atoms with Gasteiger partial charge in [-0.25, -0.2) is 0 Å². The van der Waals surface area contributed by atoms with Crippen LogP contribution in [-0.2, 0) is 16.1 Å². The Morgan fingerprint density at radius 1 is 1.25 bits per heavy atom. The van der Waals surface area contributed by atoms with Crippen molar-refractivity contribution in [2.45, 2.75) is 19.4 Å². The Hall–Kier alpha value is -1.95. The number of aromatic nitrogens is 1. The van der Waals surface area contributed by atoms with E-state index in [-0.39, 0.29) is 18.2 Å². The van der Waals surface area contributed by atoms with Crippen molar-refractivity contribution in [1.82, 2.24) is 20.5 Å². The molecule has 6 heteroatoms. The SMILES string of the molecule is CN(C)CCCNC(=O)CC(=O)NCc1cccnc1. The monoisotopic (exact) mass is 278 g/mol. The highest BCUT2D eigenvalue weighted by atomic mass is 16.2. The number of amides is 2. The Bertz CT molecular complexity index is 420. The zero-order chi connectivity index (χ0) is 14.8. The van der Waals surface area contributed by atoms with Crippen LogP contribution in [0.5, 0.6) is 0 Å². The lowest BCUT2D eigenvalue weighted by Gasteiger charge is -2.10. The van der Waals surface area contributed by atoms with E-state index in [1.54, 1.807) is 18.5 Å². The van der Waals surface area contributed by atoms with Gasteiger partial charge in [-0.3, -0.25) is 14.6 Å². The summed E-state index contributed by atoms with van der Waals surface area (Å²) in [5, 5.41) is 5.42. The fourth-order valence-corrected chi connectivity index (χ4v) is 1.60. The van der Waals surface area contributed by atoms with Gasteiger partial charge in [0.15, 0.2) is 0 Å². The van der Waals surface area contributed by atoms with Gasteiger partial charge >= 0.3 is 0 Å². The van der Waals surface area contributed by atoms with Crippen molar-refractivity contribution in [3.63, 3.8) is 0 Å². The predicted octanol–water partition coefficient (Wildman–Crippen LogP) is 0.156. The van der Waals surface area contributed by atoms with Crippen molar-refractivity contribution in [2.24, 2.45) is 0 Å². The van der Waals surface area contributed by atoms with Gasteiger partial charge in [0, 0.05) is 25.5 Å². The fraction of sp³-hybridized carbons (Fsp3) is 0.500. The van der Waals surface area contributed by atoms with Crippen LogP contribution in [0.1, 0.15) is 18.4 Å². The number of carbonyl (C=O) groups excluding carboxylic acids is 2. The van der Waals surface area contributed by atoms with E-state index in [2.05, 4.69) is 15.6 Å². The number of hydrogen-bond donors (Lipinski definition) is 2. The average molecular weight is 278 g/mol. The van der Waals surface area contributed by atoms with Crippen LogP contribution < -0.4 is 10.6 Å². The highest BCUT2D eigenvalue weighted by Gasteiger charge is 2.08. The van der Waals surface area contributed by atoms with Gasteiger partial charge < -0.3 is 15.5 Å². The third-order valence-electron chi connectivity index (χ3n) is 2.64. The van der Waals surface area contributed by atoms with Gasteiger partial charge in [-0.1, -0.05) is 6.07 Å². The van der Waals surface area contributed by atoms with Crippen molar-refractivity contribution >= 4 is 11.8 Å². The summed E-state index contributed by atoms with van der Waals surface area (Å²) in [4.78, 5) is 29.1. The van der Waals surface area contributed by atoms with Gasteiger partial charge in [-0.2, -0.15) is 0 Å². The highest BCUT2D eigenvalue weighted by Crippen LogP contribution is 1.94. The first-order valence-electron chi connectivity index (χ1n) is 6.65. The van der Waals surface area contributed by atoms with E-state index in [9.17, 15) is 9.59 Å². The summed E-state index contributed by atoms with van der Waals surface area (Å²) in [5.74, 6) is -0.522. The molecule has 2 amide bonds. The second-order valence-electron chi connectivity index (χ2n) is 4.82. The first-order valence-corrected chi connectivity index (χ1v) is 6.65. The molecule has 0 atom stereocenters. The Morgan fingerprint density at radius 2 is 2.00 bits per heavy atom. The van der Waals surface area contributed by atoms with Gasteiger partial charge in [0.25, 0.3) is 0 Å². The van der Waals surface area contributed by atoms with Crippen LogP contribution in [0.4, 0.5) is 0 Å². The summed E-state index contributed by atoms with van der Waals surface area (Å²) in [6, 6.07) is 3.67. The minimum atomic E-state index is -0.279. The highest BCUT2D eigenvalue weighted by molar-refractivity contribution is 5.96. The maximum Gasteiger partial charge on any atom is 0.229 e. The standard InChI is InChI=1S/C14H22N4O2/c1-18(2)8-4-7-16-13(19)9-14(20)17-11-12-5-3-6-15-10-12/h3,5-6,10H,4,7-9,11H2,1-2H3,(H,16,19)(H,17,20). The molecule has 0 saturated heterocycles. The van der Waals surface area contributed by atoms with E-state index in [4.69, 9.17) is 0 Å². The molecule has 0 aliphatic carbocycles. The van der Waals surface area contributed by atoms with Crippen molar-refractivity contribution in [2.75, 3.05) is 27.2 Å². The molecule has 0 unspecified atom stereocenters. The summed E-state index contributed by atoms with van der Waals surface area (Å²) < 4.78 is 0. The smallest absolute Gasteiger partial charge is 0.229 e. The van der Waals surface area contributed by atoms with Gasteiger partial charge in [0.1, 0.15) is 6.42 Å². The Morgan fingerprint density at radius 3 is 2.65 bits per heavy atom. The van der Waals surface area contributed by atoms with Crippen molar-refractivity contribution in [3.05, 3.63) is 30.1 Å². The van der Waals surface area contributed by atoms with Crippen LogP contribution in [0.2, 0.25) is 0 Å². The zero-order valence-electron chi connectivity index (χ0n) is 12.1. The molecule has 0 radical (unpaired) electrons. The van der Waals surface area contributed by atoms with Crippen LogP contribution in [0.3, 0.4) is 0 Å². The summed E-state index contributed by atoms with van der Waals surface area (Å²) in [5.41, 5.74) is 0.909. The third kappa shape index (κ3) is 7.48. The molecule has 2 N–H and O–H groups in total. The number of nitrogens with one attached hydrogen (secondary N) is 2. The molecule has 0 fully saturated rings. The van der Waals surface area contributed by atoms with Crippen molar-refractivity contribution in [1.29, 1.82) is 0 Å². The first kappa shape index (κ1) is 16.1. The van der Waals surface area contributed by atoms with Gasteiger partial charge in [-0.05, 0) is 38.7 Å². The Labute approximate surface area is 119 Å². The largest absolute Gasteiger partial charge is 0.356 e. The molecule has 1 rings (SSSR count). The Balaban J connectivity index is 2.13. The van der Waals surface area contributed by atoms with E-state index in [1.807, 2.05) is 25.1 Å². The van der Waals surface area contributed by atoms with Crippen LogP contribution in [-0.4, -0.2) is 48.9 Å². The van der Waals surface area contributed by atoms with Crippen LogP contribution in [0.15, 0.2) is 24.5 Å². The van der Waals surface area contributed by atoms with E-state index in [1.165, 1.54) is 0 Å². The van der Waals surface area contributed by atoms with Gasteiger partial charge in [0.2, 0.25) is 11.8 Å². The summed E-state index contributed by atoms with van der Waals surface area (Å²) in [7, 11) is 3.96. The maximum absolute atomic E-state index is 11.6. The number of hydrogen-bond acceptors (Lipinski definition) is 4. The van der Waals surface area contributed by atoms with Gasteiger partial charge in [-0.15, -0.1) is 0 Å². The fourth-order valence-electron chi connectivity index (χ4n) is 1.60. The van der Waals surface area contributed by atoms with Gasteiger partial charge in [0.05, 0.1) is 0 Å². The second kappa shape index (κ2) is 9.03. The molecule has 20 heavy (non-hydrogen) atoms. The second-order valence-corrected chi connectivity index (χ2v) is 4.82. The molecule has 1 aromatic rings. The quantitative estimate of drug-likeness (QED) is 0.524. The molecule has 0 aromatic carbocycles. The molecule has 0 bridgehead atoms. The normalized spacial score (nSPS) is 10.3. The number of carbonyl (C=O) groups is 2. The van der Waals surface area contributed by atoms with E-state index in [0.717, 1.165) is 18.5 Å². The molecule has 1 heterocycles. The van der Waals surface area contributed by atoms with E-state index >= 15 is 0 Å². The van der Waals surface area contributed by atoms with Crippen LogP contribution >= 0.6 is 0 Å². The molecule has 1 aromatic heterocycles. The Kier molecular flexibility index (Phi) is 7.27. The lowest BCUT2D eigenvalue weighted by molar-refractivity contribution is -0.129. The summed E-state index contributed by atoms with van der Waals surface area (Å²) in [6.45, 7) is 1.89. The first-order chi connectivity index (χ1) is 9.58. The minimum Gasteiger partial charge on any atom is -0.356 e. The molecule has 110 valence electrons. The molecular formula is C14H22N4O2. The lowest BCUT2D eigenvalue weighted by Crippen LogP contribution is -2.33. The van der Waals surface area contributed by atoms with Crippen LogP contribution in [0.25, 0.3) is 0 Å². The molecule has 0 spiro atoms. The summed E-state index contributed by atoms with van der Waals surface area (Å²) >= 11 is 0. The maximum atomic E-state index is 11.6. The lowest BCUT2D eigenvalue weighted by atomic mass is 10.3. The zero-order valence-corrected chi connectivity index (χ0v) is 12.1. The number of pyridine rings is 1. The van der Waals surface area contributed by atoms with E-state index < -0.39 is 0 Å². The van der Waals surface area contributed by atoms with Crippen molar-refractivity contribution in [3.8, 4) is 0 Å². The minimum absolute atomic E-state index is 0.137. The number of nitrogens with zero attached hydrogens (tertiary/aromatic N) is 2. The third-order valence-corrected chi connectivity index (χ3v) is 2.64. The topological polar surface area (TPSA) is 74.3 Å². The van der Waals surface area contributed by atoms with E-state index in [0.29, 0.717) is 13.1 Å². The molecule has 0 aliphatic heterocycles. The molecular weight excluding hydrogens is 256 g/mol.